The predicted molar refractivity (Wildman–Crippen MR) is 60.8 cm³/mol. The Morgan fingerprint density at radius 3 is 3.00 bits per heavy atom. The summed E-state index contributed by atoms with van der Waals surface area (Å²) in [5, 5.41) is 0.670. The van der Waals surface area contributed by atoms with Crippen molar-refractivity contribution >= 4 is 10.9 Å². The Kier molecular flexibility index (Phi) is 2.63. The van der Waals surface area contributed by atoms with Crippen LogP contribution in [0.15, 0.2) is 48.0 Å². The van der Waals surface area contributed by atoms with Gasteiger partial charge in [0.15, 0.2) is 0 Å². The highest BCUT2D eigenvalue weighted by Gasteiger charge is 2.01. The molecule has 0 N–H and O–H groups in total. The maximum Gasteiger partial charge on any atom is 0.261 e. The molecule has 2 rings (SSSR count). The topological polar surface area (TPSA) is 34.9 Å². The predicted octanol–water partition coefficient (Wildman–Crippen LogP) is 1.97. The molecule has 0 unspecified atom stereocenters. The molecule has 15 heavy (non-hydrogen) atoms. The molecular formula is C12H12N2O. The molecule has 0 aliphatic carbocycles. The quantitative estimate of drug-likeness (QED) is 0.710. The van der Waals surface area contributed by atoms with Crippen LogP contribution < -0.4 is 5.56 Å². The van der Waals surface area contributed by atoms with Crippen LogP contribution in [0.1, 0.15) is 6.42 Å². The van der Waals surface area contributed by atoms with E-state index >= 15 is 0 Å². The first-order chi connectivity index (χ1) is 7.33. The Balaban J connectivity index is 2.55. The van der Waals surface area contributed by atoms with Gasteiger partial charge in [-0.25, -0.2) is 4.98 Å². The zero-order valence-electron chi connectivity index (χ0n) is 8.39. The molecule has 2 aromatic rings. The standard InChI is InChI=1S/C12H12N2O/c1-2-3-8-14-9-13-11-7-5-4-6-10(11)12(14)15/h2,4-7,9H,1,3,8H2. The normalized spacial score (nSPS) is 10.4. The lowest BCUT2D eigenvalue weighted by molar-refractivity contribution is 0.674. The molecule has 1 aromatic carbocycles. The van der Waals surface area contributed by atoms with E-state index in [4.69, 9.17) is 0 Å². The largest absolute Gasteiger partial charge is 0.298 e. The van der Waals surface area contributed by atoms with Gasteiger partial charge in [-0.1, -0.05) is 18.2 Å². The van der Waals surface area contributed by atoms with E-state index in [1.165, 1.54) is 0 Å². The smallest absolute Gasteiger partial charge is 0.261 e. The van der Waals surface area contributed by atoms with Crippen molar-refractivity contribution in [1.29, 1.82) is 0 Å². The molecule has 0 saturated heterocycles. The van der Waals surface area contributed by atoms with Crippen molar-refractivity contribution < 1.29 is 0 Å². The van der Waals surface area contributed by atoms with Crippen LogP contribution in [-0.4, -0.2) is 9.55 Å². The molecule has 76 valence electrons. The molecule has 0 atom stereocenters. The Morgan fingerprint density at radius 2 is 2.20 bits per heavy atom. The Morgan fingerprint density at radius 1 is 1.40 bits per heavy atom. The van der Waals surface area contributed by atoms with E-state index in [2.05, 4.69) is 11.6 Å². The van der Waals surface area contributed by atoms with Crippen molar-refractivity contribution in [3.05, 3.63) is 53.6 Å². The zero-order valence-corrected chi connectivity index (χ0v) is 8.39. The van der Waals surface area contributed by atoms with E-state index in [-0.39, 0.29) is 5.56 Å². The zero-order chi connectivity index (χ0) is 10.7. The van der Waals surface area contributed by atoms with Gasteiger partial charge in [-0.05, 0) is 18.6 Å². The number of hydrogen-bond acceptors (Lipinski definition) is 2. The fourth-order valence-corrected chi connectivity index (χ4v) is 1.50. The third kappa shape index (κ3) is 1.81. The molecule has 1 heterocycles. The third-order valence-electron chi connectivity index (χ3n) is 2.31. The Labute approximate surface area is 87.7 Å². The molecule has 0 amide bonds. The molecule has 3 heteroatoms. The van der Waals surface area contributed by atoms with Gasteiger partial charge in [-0.3, -0.25) is 9.36 Å². The summed E-state index contributed by atoms with van der Waals surface area (Å²) < 4.78 is 1.62. The number of fused-ring (bicyclic) bond motifs is 1. The van der Waals surface area contributed by atoms with E-state index in [0.29, 0.717) is 11.9 Å². The second-order valence-electron chi connectivity index (χ2n) is 3.34. The molecule has 3 nitrogen and oxygen atoms in total. The summed E-state index contributed by atoms with van der Waals surface area (Å²) in [7, 11) is 0. The lowest BCUT2D eigenvalue weighted by Gasteiger charge is -2.03. The molecule has 0 bridgehead atoms. The van der Waals surface area contributed by atoms with Crippen molar-refractivity contribution in [3.63, 3.8) is 0 Å². The molecule has 0 aliphatic rings. The van der Waals surface area contributed by atoms with E-state index in [1.54, 1.807) is 23.0 Å². The minimum atomic E-state index is 0.0162. The fraction of sp³-hybridized carbons (Fsp3) is 0.167. The van der Waals surface area contributed by atoms with Crippen LogP contribution in [-0.2, 0) is 6.54 Å². The van der Waals surface area contributed by atoms with Crippen molar-refractivity contribution in [1.82, 2.24) is 9.55 Å². The van der Waals surface area contributed by atoms with Crippen molar-refractivity contribution in [3.8, 4) is 0 Å². The Bertz CT molecular complexity index is 543. The highest BCUT2D eigenvalue weighted by Crippen LogP contribution is 2.04. The number of aryl methyl sites for hydroxylation is 1. The van der Waals surface area contributed by atoms with Gasteiger partial charge < -0.3 is 0 Å². The minimum absolute atomic E-state index is 0.0162. The maximum atomic E-state index is 11.9. The lowest BCUT2D eigenvalue weighted by atomic mass is 10.2. The molecular weight excluding hydrogens is 188 g/mol. The summed E-state index contributed by atoms with van der Waals surface area (Å²) in [5.74, 6) is 0. The van der Waals surface area contributed by atoms with Crippen LogP contribution in [0.5, 0.6) is 0 Å². The van der Waals surface area contributed by atoms with Crippen LogP contribution in [0.4, 0.5) is 0 Å². The van der Waals surface area contributed by atoms with Gasteiger partial charge in [-0.2, -0.15) is 0 Å². The summed E-state index contributed by atoms with van der Waals surface area (Å²) in [5.41, 5.74) is 0.764. The van der Waals surface area contributed by atoms with Crippen LogP contribution >= 0.6 is 0 Å². The number of nitrogens with zero attached hydrogens (tertiary/aromatic N) is 2. The van der Waals surface area contributed by atoms with Gasteiger partial charge in [-0.15, -0.1) is 6.58 Å². The summed E-state index contributed by atoms with van der Waals surface area (Å²) in [4.78, 5) is 16.1. The minimum Gasteiger partial charge on any atom is -0.298 e. The molecule has 0 aliphatic heterocycles. The van der Waals surface area contributed by atoms with Crippen molar-refractivity contribution in [2.45, 2.75) is 13.0 Å². The van der Waals surface area contributed by atoms with Gasteiger partial charge in [0, 0.05) is 6.54 Å². The van der Waals surface area contributed by atoms with Gasteiger partial charge in [0.25, 0.3) is 5.56 Å². The van der Waals surface area contributed by atoms with Crippen LogP contribution in [0.25, 0.3) is 10.9 Å². The lowest BCUT2D eigenvalue weighted by Crippen LogP contribution is -2.20. The number of allylic oxidation sites excluding steroid dienone is 1. The van der Waals surface area contributed by atoms with Gasteiger partial charge in [0.2, 0.25) is 0 Å². The summed E-state index contributed by atoms with van der Waals surface area (Å²) in [6, 6.07) is 7.37. The van der Waals surface area contributed by atoms with Crippen molar-refractivity contribution in [2.75, 3.05) is 0 Å². The van der Waals surface area contributed by atoms with Gasteiger partial charge >= 0.3 is 0 Å². The molecule has 0 fully saturated rings. The monoisotopic (exact) mass is 200 g/mol. The van der Waals surface area contributed by atoms with Crippen LogP contribution in [0, 0.1) is 0 Å². The summed E-state index contributed by atoms with van der Waals surface area (Å²) >= 11 is 0. The van der Waals surface area contributed by atoms with E-state index in [0.717, 1.165) is 11.9 Å². The SMILES string of the molecule is C=CCCn1cnc2ccccc2c1=O. The molecule has 0 saturated carbocycles. The average Bonchev–Trinajstić information content (AvgIpc) is 2.29. The number of aromatic nitrogens is 2. The van der Waals surface area contributed by atoms with Gasteiger partial charge in [0.05, 0.1) is 17.2 Å². The first-order valence-corrected chi connectivity index (χ1v) is 4.88. The number of para-hydroxylation sites is 1. The van der Waals surface area contributed by atoms with E-state index in [1.807, 2.05) is 18.2 Å². The van der Waals surface area contributed by atoms with Crippen LogP contribution in [0.3, 0.4) is 0 Å². The Hall–Kier alpha value is -1.90. The summed E-state index contributed by atoms with van der Waals surface area (Å²) in [6.45, 7) is 4.27. The molecule has 1 aromatic heterocycles. The van der Waals surface area contributed by atoms with Crippen molar-refractivity contribution in [2.24, 2.45) is 0 Å². The highest BCUT2D eigenvalue weighted by atomic mass is 16.1. The maximum absolute atomic E-state index is 11.9. The second kappa shape index (κ2) is 4.09. The number of hydrogen-bond donors (Lipinski definition) is 0. The fourth-order valence-electron chi connectivity index (χ4n) is 1.50. The molecule has 0 radical (unpaired) electrons. The number of rotatable bonds is 3. The molecule has 0 spiro atoms. The third-order valence-corrected chi connectivity index (χ3v) is 2.31. The van der Waals surface area contributed by atoms with E-state index in [9.17, 15) is 4.79 Å². The highest BCUT2D eigenvalue weighted by molar-refractivity contribution is 5.76. The van der Waals surface area contributed by atoms with Gasteiger partial charge in [0.1, 0.15) is 0 Å². The van der Waals surface area contributed by atoms with Crippen LogP contribution in [0.2, 0.25) is 0 Å². The first-order valence-electron chi connectivity index (χ1n) is 4.88. The first kappa shape index (κ1) is 9.65. The second-order valence-corrected chi connectivity index (χ2v) is 3.34. The number of benzene rings is 1. The average molecular weight is 200 g/mol. The van der Waals surface area contributed by atoms with E-state index < -0.39 is 0 Å². The summed E-state index contributed by atoms with van der Waals surface area (Å²) in [6.07, 6.45) is 4.16.